The fourth-order valence-electron chi connectivity index (χ4n) is 2.06. The third kappa shape index (κ3) is 5.39. The fraction of sp³-hybridized carbons (Fsp3) is 0.684. The van der Waals surface area contributed by atoms with Crippen LogP contribution in [0, 0.1) is 5.92 Å². The lowest BCUT2D eigenvalue weighted by Crippen LogP contribution is -2.51. The Bertz CT molecular complexity index is 489. The summed E-state index contributed by atoms with van der Waals surface area (Å²) in [5.74, 6) is -0.00965. The predicted octanol–water partition coefficient (Wildman–Crippen LogP) is 5.07. The van der Waals surface area contributed by atoms with E-state index < -0.39 is 29.4 Å². The van der Waals surface area contributed by atoms with E-state index in [1.807, 2.05) is 72.8 Å². The molecule has 2 atom stereocenters. The van der Waals surface area contributed by atoms with Crippen LogP contribution in [-0.2, 0) is 9.47 Å². The van der Waals surface area contributed by atoms with Gasteiger partial charge in [0.15, 0.2) is 0 Å². The molecule has 2 amide bonds. The quantitative estimate of drug-likeness (QED) is 0.703. The van der Waals surface area contributed by atoms with Gasteiger partial charge in [-0.25, -0.2) is 14.5 Å². The fourth-order valence-corrected chi connectivity index (χ4v) is 2.06. The summed E-state index contributed by atoms with van der Waals surface area (Å²) in [6.45, 7) is 13.1. The molecule has 0 radical (unpaired) electrons. The van der Waals surface area contributed by atoms with Gasteiger partial charge in [0, 0.05) is 0 Å². The van der Waals surface area contributed by atoms with Crippen molar-refractivity contribution in [1.29, 1.82) is 0 Å². The summed E-state index contributed by atoms with van der Waals surface area (Å²) < 4.78 is 11.1. The summed E-state index contributed by atoms with van der Waals surface area (Å²) in [6.07, 6.45) is 7.47. The van der Waals surface area contributed by atoms with Crippen molar-refractivity contribution in [3.8, 4) is 0 Å². The molecule has 0 bridgehead atoms. The van der Waals surface area contributed by atoms with Gasteiger partial charge < -0.3 is 9.47 Å². The molecule has 0 fully saturated rings. The molecule has 0 saturated heterocycles. The molecule has 24 heavy (non-hydrogen) atoms. The highest BCUT2D eigenvalue weighted by Gasteiger charge is 2.38. The molecule has 0 aromatic rings. The van der Waals surface area contributed by atoms with Gasteiger partial charge in [-0.2, -0.15) is 0 Å². The van der Waals surface area contributed by atoms with Crippen molar-refractivity contribution in [2.45, 2.75) is 78.6 Å². The van der Waals surface area contributed by atoms with Gasteiger partial charge in [0.25, 0.3) is 0 Å². The number of allylic oxidation sites excluding steroid dienone is 2. The first-order chi connectivity index (χ1) is 11.0. The van der Waals surface area contributed by atoms with Crippen LogP contribution in [0.3, 0.4) is 0 Å². The van der Waals surface area contributed by atoms with E-state index >= 15 is 0 Å². The van der Waals surface area contributed by atoms with E-state index in [-0.39, 0.29) is 5.92 Å². The van der Waals surface area contributed by atoms with Crippen molar-refractivity contribution >= 4 is 12.2 Å². The van der Waals surface area contributed by atoms with Crippen molar-refractivity contribution in [3.05, 3.63) is 24.3 Å². The Labute approximate surface area is 145 Å². The minimum absolute atomic E-state index is 0.00965. The first-order valence-electron chi connectivity index (χ1n) is 8.63. The van der Waals surface area contributed by atoms with Crippen molar-refractivity contribution in [2.75, 3.05) is 0 Å². The maximum absolute atomic E-state index is 12.7. The van der Waals surface area contributed by atoms with E-state index in [1.54, 1.807) is 0 Å². The molecular formula is C19H31NO4. The Morgan fingerprint density at radius 1 is 0.917 bits per heavy atom. The molecule has 0 spiro atoms. The van der Waals surface area contributed by atoms with Crippen LogP contribution in [0.15, 0.2) is 24.3 Å². The first-order valence-corrected chi connectivity index (χ1v) is 8.63. The number of rotatable bonds is 5. The average molecular weight is 337 g/mol. The topological polar surface area (TPSA) is 55.8 Å². The van der Waals surface area contributed by atoms with Crippen LogP contribution in [0.4, 0.5) is 9.59 Å². The highest BCUT2D eigenvalue weighted by Crippen LogP contribution is 2.25. The smallest absolute Gasteiger partial charge is 0.420 e. The van der Waals surface area contributed by atoms with E-state index in [2.05, 4.69) is 0 Å². The van der Waals surface area contributed by atoms with E-state index in [0.717, 1.165) is 4.90 Å². The highest BCUT2D eigenvalue weighted by molar-refractivity contribution is 5.89. The number of carbonyl (C=O) groups excluding carboxylic acids is 2. The van der Waals surface area contributed by atoms with Gasteiger partial charge >= 0.3 is 12.2 Å². The molecule has 136 valence electrons. The van der Waals surface area contributed by atoms with Gasteiger partial charge in [0.1, 0.15) is 11.2 Å². The predicted molar refractivity (Wildman–Crippen MR) is 94.8 cm³/mol. The molecule has 5 nitrogen and oxygen atoms in total. The van der Waals surface area contributed by atoms with E-state index in [1.165, 1.54) is 0 Å². The SMILES string of the molecule is CCC(C)(C)OC(=O)N(C(=O)OC(C)(C)CC)C1C=CC=CC1C. The van der Waals surface area contributed by atoms with Crippen molar-refractivity contribution in [2.24, 2.45) is 5.92 Å². The number of nitrogens with zero attached hydrogens (tertiary/aromatic N) is 1. The molecule has 2 unspecified atom stereocenters. The zero-order valence-electron chi connectivity index (χ0n) is 16.0. The van der Waals surface area contributed by atoms with Gasteiger partial charge in [-0.1, -0.05) is 45.1 Å². The standard InChI is InChI=1S/C19H31NO4/c1-8-18(4,5)23-16(21)20(15-13-11-10-12-14(15)3)17(22)24-19(6,7)9-2/h10-15H,8-9H2,1-7H3. The Balaban J connectivity index is 3.07. The molecule has 0 N–H and O–H groups in total. The first kappa shape index (κ1) is 20.3. The second-order valence-electron chi connectivity index (χ2n) is 7.45. The molecular weight excluding hydrogens is 306 g/mol. The summed E-state index contributed by atoms with van der Waals surface area (Å²) in [6, 6.07) is -0.421. The number of imide groups is 1. The molecule has 0 aromatic heterocycles. The third-order valence-corrected chi connectivity index (χ3v) is 4.49. The Morgan fingerprint density at radius 2 is 1.33 bits per heavy atom. The minimum Gasteiger partial charge on any atom is -0.443 e. The van der Waals surface area contributed by atoms with Crippen LogP contribution in [0.25, 0.3) is 0 Å². The van der Waals surface area contributed by atoms with Gasteiger partial charge in [0.2, 0.25) is 0 Å². The summed E-state index contributed by atoms with van der Waals surface area (Å²) in [4.78, 5) is 26.5. The Kier molecular flexibility index (Phi) is 6.64. The summed E-state index contributed by atoms with van der Waals surface area (Å²) in [5, 5.41) is 0. The second-order valence-corrected chi connectivity index (χ2v) is 7.45. The van der Waals surface area contributed by atoms with Crippen LogP contribution in [0.5, 0.6) is 0 Å². The second kappa shape index (κ2) is 7.86. The van der Waals surface area contributed by atoms with Gasteiger partial charge in [-0.05, 0) is 46.5 Å². The van der Waals surface area contributed by atoms with Crippen LogP contribution in [0.1, 0.15) is 61.3 Å². The summed E-state index contributed by atoms with van der Waals surface area (Å²) in [5.41, 5.74) is -1.29. The summed E-state index contributed by atoms with van der Waals surface area (Å²) in [7, 11) is 0. The van der Waals surface area contributed by atoms with Crippen LogP contribution in [0.2, 0.25) is 0 Å². The van der Waals surface area contributed by atoms with Crippen molar-refractivity contribution in [3.63, 3.8) is 0 Å². The van der Waals surface area contributed by atoms with Gasteiger partial charge in [-0.3, -0.25) is 0 Å². The zero-order chi connectivity index (χ0) is 18.5. The van der Waals surface area contributed by atoms with E-state index in [4.69, 9.17) is 9.47 Å². The van der Waals surface area contributed by atoms with Crippen LogP contribution in [-0.4, -0.2) is 34.3 Å². The number of hydrogen-bond donors (Lipinski definition) is 0. The normalized spacial score (nSPS) is 20.6. The van der Waals surface area contributed by atoms with Crippen molar-refractivity contribution in [1.82, 2.24) is 4.90 Å². The lowest BCUT2D eigenvalue weighted by atomic mass is 9.96. The largest absolute Gasteiger partial charge is 0.443 e. The monoisotopic (exact) mass is 337 g/mol. The minimum atomic E-state index is -0.671. The lowest BCUT2D eigenvalue weighted by molar-refractivity contribution is -0.0181. The molecule has 0 heterocycles. The number of ether oxygens (including phenoxy) is 2. The molecule has 0 aliphatic heterocycles. The van der Waals surface area contributed by atoms with E-state index in [9.17, 15) is 9.59 Å². The maximum atomic E-state index is 12.7. The zero-order valence-corrected chi connectivity index (χ0v) is 16.0. The van der Waals surface area contributed by atoms with Crippen LogP contribution < -0.4 is 0 Å². The lowest BCUT2D eigenvalue weighted by Gasteiger charge is -2.35. The number of amides is 2. The molecule has 1 aliphatic carbocycles. The average Bonchev–Trinajstić information content (AvgIpc) is 2.48. The Morgan fingerprint density at radius 3 is 1.71 bits per heavy atom. The molecule has 1 rings (SSSR count). The maximum Gasteiger partial charge on any atom is 0.420 e. The van der Waals surface area contributed by atoms with Crippen molar-refractivity contribution < 1.29 is 19.1 Å². The summed E-state index contributed by atoms with van der Waals surface area (Å²) >= 11 is 0. The van der Waals surface area contributed by atoms with Crippen LogP contribution >= 0.6 is 0 Å². The Hall–Kier alpha value is -1.78. The highest BCUT2D eigenvalue weighted by atomic mass is 16.6. The molecule has 0 aromatic carbocycles. The number of hydrogen-bond acceptors (Lipinski definition) is 4. The third-order valence-electron chi connectivity index (χ3n) is 4.49. The van der Waals surface area contributed by atoms with Gasteiger partial charge in [-0.15, -0.1) is 0 Å². The molecule has 1 aliphatic rings. The number of carbonyl (C=O) groups is 2. The van der Waals surface area contributed by atoms with E-state index in [0.29, 0.717) is 12.8 Å². The molecule has 0 saturated carbocycles. The molecule has 5 heteroatoms. The van der Waals surface area contributed by atoms with Gasteiger partial charge in [0.05, 0.1) is 6.04 Å².